The van der Waals surface area contributed by atoms with Crippen molar-refractivity contribution >= 4 is 68.1 Å². The average Bonchev–Trinajstić information content (AvgIpc) is 3.69. The van der Waals surface area contributed by atoms with Gasteiger partial charge in [-0.05, 0) is 44.5 Å². The first-order valence-corrected chi connectivity index (χ1v) is 14.3. The highest BCUT2D eigenvalue weighted by Crippen LogP contribution is 2.55. The Labute approximate surface area is 247 Å². The van der Waals surface area contributed by atoms with Crippen LogP contribution in [0.25, 0.3) is 43.6 Å². The molecule has 3 aliphatic rings. The van der Waals surface area contributed by atoms with Crippen LogP contribution in [0.1, 0.15) is 53.6 Å². The highest BCUT2D eigenvalue weighted by molar-refractivity contribution is 6.39. The number of nitrogens with zero attached hydrogens (tertiary/aromatic N) is 2. The molecule has 0 spiro atoms. The Kier molecular flexibility index (Phi) is 7.11. The molecule has 0 saturated carbocycles. The van der Waals surface area contributed by atoms with Crippen LogP contribution in [0.2, 0.25) is 0 Å². The van der Waals surface area contributed by atoms with Gasteiger partial charge in [-0.3, -0.25) is 24.5 Å². The lowest BCUT2D eigenvalue weighted by Crippen LogP contribution is -2.34. The van der Waals surface area contributed by atoms with Gasteiger partial charge in [0.2, 0.25) is 6.41 Å². The Bertz CT molecular complexity index is 1970. The van der Waals surface area contributed by atoms with Crippen molar-refractivity contribution < 1.29 is 23.9 Å². The maximum Gasteiger partial charge on any atom is 0.259 e. The Hall–Kier alpha value is -4.80. The fraction of sp³-hybridized carbons (Fsp3) is 0.273. The van der Waals surface area contributed by atoms with E-state index in [1.807, 2.05) is 36.4 Å². The molecule has 8 rings (SSSR count). The van der Waals surface area contributed by atoms with Gasteiger partial charge >= 0.3 is 0 Å². The lowest BCUT2D eigenvalue weighted by molar-refractivity contribution is -0.114. The van der Waals surface area contributed by atoms with E-state index >= 15 is 0 Å². The maximum absolute atomic E-state index is 13.2. The van der Waals surface area contributed by atoms with Crippen LogP contribution in [-0.4, -0.2) is 46.7 Å². The molecule has 43 heavy (non-hydrogen) atoms. The second-order valence-electron chi connectivity index (χ2n) is 11.1. The largest absolute Gasteiger partial charge is 0.359 e. The summed E-state index contributed by atoms with van der Waals surface area (Å²) >= 11 is 0. The molecule has 3 aliphatic heterocycles. The van der Waals surface area contributed by atoms with E-state index in [1.165, 1.54) is 6.08 Å². The standard InChI is InChI=1S/C26H19N3O3.C4H10N2O.C3H4O/c1-12-11-17-28-15-9-5-3-7-13(15)18-20-21(25(31)27-24(20)30)19-14-8-4-6-10-16(14)29(23(19)22(18)28)26(12,2)32-17;5-2-1-3-6-4-7;1-2-3-4/h3-10,12,17H,11H2,1-2H3,(H,27,30,31);4H,1-3,5H2,(H,6,7);2-3H,1H2. The molecular formula is C33H33N5O5. The van der Waals surface area contributed by atoms with Crippen LogP contribution in [0.3, 0.4) is 0 Å². The van der Waals surface area contributed by atoms with Gasteiger partial charge in [0.25, 0.3) is 11.8 Å². The summed E-state index contributed by atoms with van der Waals surface area (Å²) in [7, 11) is 0. The van der Waals surface area contributed by atoms with Gasteiger partial charge in [-0.1, -0.05) is 49.9 Å². The quantitative estimate of drug-likeness (QED) is 0.122. The molecule has 220 valence electrons. The van der Waals surface area contributed by atoms with Crippen molar-refractivity contribution in [2.45, 2.75) is 38.6 Å². The lowest BCUT2D eigenvalue weighted by Gasteiger charge is -2.31. The number of nitrogens with two attached hydrogens (primary N) is 1. The molecule has 3 aromatic carbocycles. The van der Waals surface area contributed by atoms with E-state index < -0.39 is 5.72 Å². The summed E-state index contributed by atoms with van der Waals surface area (Å²) in [6.45, 7) is 8.83. The van der Waals surface area contributed by atoms with E-state index in [-0.39, 0.29) is 24.0 Å². The number of imide groups is 1. The minimum absolute atomic E-state index is 0.141. The van der Waals surface area contributed by atoms with Crippen molar-refractivity contribution in [3.63, 3.8) is 0 Å². The number of para-hydroxylation sites is 2. The average molecular weight is 580 g/mol. The predicted molar refractivity (Wildman–Crippen MR) is 166 cm³/mol. The van der Waals surface area contributed by atoms with E-state index in [4.69, 9.17) is 15.3 Å². The van der Waals surface area contributed by atoms with Gasteiger partial charge in [-0.15, -0.1) is 0 Å². The number of nitrogens with one attached hydrogen (secondary N) is 2. The van der Waals surface area contributed by atoms with Crippen LogP contribution in [0.4, 0.5) is 0 Å². The molecule has 3 unspecified atom stereocenters. The van der Waals surface area contributed by atoms with E-state index in [9.17, 15) is 14.4 Å². The van der Waals surface area contributed by atoms with Gasteiger partial charge in [0.05, 0.1) is 33.2 Å². The second kappa shape index (κ2) is 10.8. The number of ether oxygens (including phenoxy) is 1. The molecule has 0 radical (unpaired) electrons. The van der Waals surface area contributed by atoms with Crippen molar-refractivity contribution in [3.8, 4) is 0 Å². The van der Waals surface area contributed by atoms with Gasteiger partial charge < -0.3 is 24.9 Å². The zero-order chi connectivity index (χ0) is 30.5. The number of hydrogen-bond acceptors (Lipinski definition) is 6. The van der Waals surface area contributed by atoms with Gasteiger partial charge in [-0.2, -0.15) is 0 Å². The van der Waals surface area contributed by atoms with E-state index in [2.05, 4.69) is 52.3 Å². The van der Waals surface area contributed by atoms with E-state index in [0.29, 0.717) is 36.9 Å². The fourth-order valence-corrected chi connectivity index (χ4v) is 6.81. The van der Waals surface area contributed by atoms with Crippen LogP contribution in [0.15, 0.2) is 61.2 Å². The van der Waals surface area contributed by atoms with Gasteiger partial charge in [-0.25, -0.2) is 0 Å². The number of rotatable bonds is 5. The molecule has 4 N–H and O–H groups in total. The molecule has 10 nitrogen and oxygen atoms in total. The Balaban J connectivity index is 0.000000260. The van der Waals surface area contributed by atoms with Crippen molar-refractivity contribution in [2.24, 2.45) is 11.7 Å². The maximum atomic E-state index is 13.2. The SMILES string of the molecule is C=CC=O.CC1CC2OC1(C)n1c3ccccc3c3c4c(c5c6ccccc6n2c5c31)C(=O)NC4=O.NCCCNC=O. The Morgan fingerprint density at radius 2 is 1.60 bits per heavy atom. The summed E-state index contributed by atoms with van der Waals surface area (Å²) in [4.78, 5) is 44.9. The van der Waals surface area contributed by atoms with Gasteiger partial charge in [0.1, 0.15) is 18.2 Å². The third kappa shape index (κ3) is 4.01. The van der Waals surface area contributed by atoms with Crippen molar-refractivity contribution in [1.29, 1.82) is 0 Å². The normalized spacial score (nSPS) is 21.2. The number of fused-ring (bicyclic) bond motifs is 13. The summed E-state index contributed by atoms with van der Waals surface area (Å²) in [6, 6.07) is 16.3. The predicted octanol–water partition coefficient (Wildman–Crippen LogP) is 4.48. The van der Waals surface area contributed by atoms with Crippen LogP contribution in [0.5, 0.6) is 0 Å². The lowest BCUT2D eigenvalue weighted by atomic mass is 9.95. The smallest absolute Gasteiger partial charge is 0.259 e. The van der Waals surface area contributed by atoms with Crippen LogP contribution < -0.4 is 16.4 Å². The molecule has 2 bridgehead atoms. The van der Waals surface area contributed by atoms with E-state index in [0.717, 1.165) is 56.5 Å². The number of benzene rings is 3. The molecular weight excluding hydrogens is 546 g/mol. The Morgan fingerprint density at radius 3 is 2.21 bits per heavy atom. The summed E-state index contributed by atoms with van der Waals surface area (Å²) in [5.41, 5.74) is 9.56. The number of carbonyl (C=O) groups excluding carboxylic acids is 4. The highest BCUT2D eigenvalue weighted by Gasteiger charge is 2.50. The zero-order valence-corrected chi connectivity index (χ0v) is 24.1. The summed E-state index contributed by atoms with van der Waals surface area (Å²) in [6.07, 6.45) is 4.10. The third-order valence-corrected chi connectivity index (χ3v) is 8.72. The number of hydrogen-bond donors (Lipinski definition) is 3. The van der Waals surface area contributed by atoms with Crippen molar-refractivity contribution in [2.75, 3.05) is 13.1 Å². The molecule has 0 aliphatic carbocycles. The first-order chi connectivity index (χ1) is 20.8. The number of carbonyl (C=O) groups is 4. The van der Waals surface area contributed by atoms with Crippen molar-refractivity contribution in [3.05, 3.63) is 72.3 Å². The minimum Gasteiger partial charge on any atom is -0.359 e. The van der Waals surface area contributed by atoms with Gasteiger partial charge in [0, 0.05) is 34.0 Å². The number of aromatic nitrogens is 2. The molecule has 5 heterocycles. The summed E-state index contributed by atoms with van der Waals surface area (Å²) in [5.74, 6) is -0.374. The number of amides is 3. The monoisotopic (exact) mass is 579 g/mol. The first-order valence-electron chi connectivity index (χ1n) is 14.3. The van der Waals surface area contributed by atoms with Crippen molar-refractivity contribution in [1.82, 2.24) is 19.8 Å². The number of allylic oxidation sites excluding steroid dienone is 1. The summed E-state index contributed by atoms with van der Waals surface area (Å²) < 4.78 is 11.4. The minimum atomic E-state index is -0.563. The fourth-order valence-electron chi connectivity index (χ4n) is 6.81. The molecule has 2 aromatic heterocycles. The second-order valence-corrected chi connectivity index (χ2v) is 11.1. The molecule has 5 aromatic rings. The van der Waals surface area contributed by atoms with E-state index in [1.54, 1.807) is 0 Å². The topological polar surface area (TPSA) is 137 Å². The molecule has 3 amide bonds. The first kappa shape index (κ1) is 28.3. The van der Waals surface area contributed by atoms with Crippen LogP contribution in [0, 0.1) is 5.92 Å². The zero-order valence-electron chi connectivity index (χ0n) is 24.1. The molecule has 10 heteroatoms. The summed E-state index contributed by atoms with van der Waals surface area (Å²) in [5, 5.41) is 8.72. The molecule has 3 atom stereocenters. The third-order valence-electron chi connectivity index (χ3n) is 8.72. The molecule has 1 saturated heterocycles. The van der Waals surface area contributed by atoms with Crippen LogP contribution >= 0.6 is 0 Å². The van der Waals surface area contributed by atoms with Crippen LogP contribution in [-0.2, 0) is 20.1 Å². The van der Waals surface area contributed by atoms with Gasteiger partial charge in [0.15, 0.2) is 0 Å². The highest BCUT2D eigenvalue weighted by atomic mass is 16.5. The Morgan fingerprint density at radius 1 is 1.02 bits per heavy atom. The molecule has 1 fully saturated rings. The number of aldehydes is 1.